The highest BCUT2D eigenvalue weighted by molar-refractivity contribution is 6.31. The maximum Gasteiger partial charge on any atom is 0.257 e. The van der Waals surface area contributed by atoms with Crippen LogP contribution in [0.1, 0.15) is 12.7 Å². The largest absolute Gasteiger partial charge is 0.267 e. The Labute approximate surface area is 118 Å². The topological polar surface area (TPSA) is 51.0 Å². The molecule has 1 atom stereocenters. The number of alkyl halides is 2. The van der Waals surface area contributed by atoms with Crippen molar-refractivity contribution in [3.8, 4) is 12.3 Å². The molecule has 1 rings (SSSR count). The first-order chi connectivity index (χ1) is 8.93. The number of hydrogen-bond donors (Lipinski definition) is 0. The van der Waals surface area contributed by atoms with Crippen molar-refractivity contribution in [1.29, 1.82) is 0 Å². The van der Waals surface area contributed by atoms with Crippen LogP contribution in [0.15, 0.2) is 11.2 Å². The molecule has 1 aromatic rings. The Morgan fingerprint density at radius 3 is 2.37 bits per heavy atom. The average molecular weight is 305 g/mol. The Bertz CT molecular complexity index is 532. The number of hydrogen-bond acceptors (Lipinski definition) is 4. The monoisotopic (exact) mass is 304 g/mol. The van der Waals surface area contributed by atoms with Crippen LogP contribution in [-0.4, -0.2) is 27.6 Å². The molecule has 0 bridgehead atoms. The van der Waals surface area contributed by atoms with Gasteiger partial charge in [-0.2, -0.15) is 15.0 Å². The molecule has 1 heterocycles. The Morgan fingerprint density at radius 2 is 1.89 bits per heavy atom. The van der Waals surface area contributed by atoms with E-state index >= 15 is 0 Å². The number of nitrogens with zero attached hydrogens (tertiary/aromatic N) is 4. The van der Waals surface area contributed by atoms with E-state index in [9.17, 15) is 8.78 Å². The van der Waals surface area contributed by atoms with Crippen LogP contribution in [0.5, 0.6) is 0 Å². The maximum atomic E-state index is 12.3. The summed E-state index contributed by atoms with van der Waals surface area (Å²) in [5.74, 6) is 0.788. The third-order valence-electron chi connectivity index (χ3n) is 1.91. The molecule has 4 nitrogen and oxygen atoms in total. The lowest BCUT2D eigenvalue weighted by atomic mass is 10.2. The third kappa shape index (κ3) is 4.89. The van der Waals surface area contributed by atoms with Gasteiger partial charge >= 0.3 is 0 Å². The second-order valence-electron chi connectivity index (χ2n) is 3.33. The van der Waals surface area contributed by atoms with Gasteiger partial charge in [-0.1, -0.05) is 5.92 Å². The molecule has 100 valence electrons. The summed E-state index contributed by atoms with van der Waals surface area (Å²) in [5, 5.41) is -0.137. The Hall–Kier alpha value is -1.58. The van der Waals surface area contributed by atoms with E-state index in [1.54, 1.807) is 6.92 Å². The third-order valence-corrected chi connectivity index (χ3v) is 2.25. The van der Waals surface area contributed by atoms with E-state index < -0.39 is 12.3 Å². The molecule has 0 amide bonds. The standard InChI is InChI=1S/C11H8Cl2F2N4/c1-3-7(8(14)15)5-16-4-6(2)9-17-10(12)19-11(13)18-9/h1,4-5,7-8H,2H3/b6-4+,16-5?. The van der Waals surface area contributed by atoms with Gasteiger partial charge in [0.2, 0.25) is 10.6 Å². The highest BCUT2D eigenvalue weighted by Crippen LogP contribution is 2.14. The molecule has 0 aromatic carbocycles. The Kier molecular flexibility index (Phi) is 5.80. The zero-order chi connectivity index (χ0) is 14.4. The summed E-state index contributed by atoms with van der Waals surface area (Å²) in [5.41, 5.74) is 0.479. The van der Waals surface area contributed by atoms with Gasteiger partial charge in [-0.3, -0.25) is 4.99 Å². The second kappa shape index (κ2) is 7.12. The molecule has 1 unspecified atom stereocenters. The van der Waals surface area contributed by atoms with Crippen molar-refractivity contribution in [3.05, 3.63) is 22.6 Å². The fraction of sp³-hybridized carbons (Fsp3) is 0.273. The molecule has 0 aliphatic heterocycles. The van der Waals surface area contributed by atoms with Gasteiger partial charge in [0.25, 0.3) is 6.43 Å². The van der Waals surface area contributed by atoms with Crippen LogP contribution >= 0.6 is 23.2 Å². The van der Waals surface area contributed by atoms with E-state index in [4.69, 9.17) is 29.6 Å². The van der Waals surface area contributed by atoms with Crippen LogP contribution in [0, 0.1) is 18.3 Å². The van der Waals surface area contributed by atoms with Crippen LogP contribution in [-0.2, 0) is 0 Å². The van der Waals surface area contributed by atoms with Crippen molar-refractivity contribution in [3.63, 3.8) is 0 Å². The molecule has 0 saturated carbocycles. The van der Waals surface area contributed by atoms with Crippen molar-refractivity contribution >= 4 is 35.0 Å². The number of terminal acetylenes is 1. The fourth-order valence-electron chi connectivity index (χ4n) is 0.988. The fourth-order valence-corrected chi connectivity index (χ4v) is 1.35. The summed E-state index contributed by atoms with van der Waals surface area (Å²) >= 11 is 11.2. The van der Waals surface area contributed by atoms with Crippen LogP contribution in [0.3, 0.4) is 0 Å². The molecule has 0 saturated heterocycles. The summed E-state index contributed by atoms with van der Waals surface area (Å²) in [6.45, 7) is 1.62. The van der Waals surface area contributed by atoms with E-state index in [-0.39, 0.29) is 16.4 Å². The van der Waals surface area contributed by atoms with Crippen molar-refractivity contribution in [2.75, 3.05) is 0 Å². The predicted octanol–water partition coefficient (Wildman–Crippen LogP) is 3.12. The smallest absolute Gasteiger partial charge is 0.257 e. The van der Waals surface area contributed by atoms with Gasteiger partial charge in [0.15, 0.2) is 5.82 Å². The zero-order valence-corrected chi connectivity index (χ0v) is 11.2. The number of allylic oxidation sites excluding steroid dienone is 1. The molecule has 0 aliphatic carbocycles. The van der Waals surface area contributed by atoms with Crippen molar-refractivity contribution in [2.24, 2.45) is 10.9 Å². The number of aromatic nitrogens is 3. The van der Waals surface area contributed by atoms with Gasteiger partial charge in [-0.25, -0.2) is 8.78 Å². The highest BCUT2D eigenvalue weighted by Gasteiger charge is 2.14. The van der Waals surface area contributed by atoms with Crippen LogP contribution in [0.4, 0.5) is 8.78 Å². The predicted molar refractivity (Wildman–Crippen MR) is 70.3 cm³/mol. The van der Waals surface area contributed by atoms with Gasteiger partial charge in [0, 0.05) is 18.0 Å². The molecular weight excluding hydrogens is 297 g/mol. The van der Waals surface area contributed by atoms with E-state index in [2.05, 4.69) is 19.9 Å². The van der Waals surface area contributed by atoms with Gasteiger partial charge < -0.3 is 0 Å². The lowest BCUT2D eigenvalue weighted by molar-refractivity contribution is 0.133. The molecule has 0 fully saturated rings. The molecule has 0 aliphatic rings. The van der Waals surface area contributed by atoms with Gasteiger partial charge in [-0.05, 0) is 30.1 Å². The lowest BCUT2D eigenvalue weighted by Crippen LogP contribution is -2.09. The molecule has 0 spiro atoms. The van der Waals surface area contributed by atoms with Crippen molar-refractivity contribution in [2.45, 2.75) is 13.3 Å². The average Bonchev–Trinajstić information content (AvgIpc) is 2.32. The van der Waals surface area contributed by atoms with Crippen LogP contribution < -0.4 is 0 Å². The molecule has 1 aromatic heterocycles. The Morgan fingerprint density at radius 1 is 1.32 bits per heavy atom. The van der Waals surface area contributed by atoms with Gasteiger partial charge in [-0.15, -0.1) is 6.42 Å². The maximum absolute atomic E-state index is 12.3. The number of halogens is 4. The second-order valence-corrected chi connectivity index (χ2v) is 4.01. The van der Waals surface area contributed by atoms with E-state index in [1.165, 1.54) is 6.20 Å². The van der Waals surface area contributed by atoms with Crippen LogP contribution in [0.25, 0.3) is 5.57 Å². The SMILES string of the molecule is C#CC(C=N/C=C(\C)c1nc(Cl)nc(Cl)n1)C(F)F. The minimum Gasteiger partial charge on any atom is -0.267 e. The number of aliphatic imine (C=N–C) groups is 1. The van der Waals surface area contributed by atoms with Gasteiger partial charge in [0.1, 0.15) is 5.92 Å². The number of rotatable bonds is 4. The molecule has 0 N–H and O–H groups in total. The first-order valence-corrected chi connectivity index (χ1v) is 5.71. The molecule has 0 radical (unpaired) electrons. The van der Waals surface area contributed by atoms with E-state index in [0.29, 0.717) is 5.57 Å². The lowest BCUT2D eigenvalue weighted by Gasteiger charge is -2.01. The van der Waals surface area contributed by atoms with Crippen molar-refractivity contribution < 1.29 is 8.78 Å². The normalized spacial score (nSPS) is 13.8. The first kappa shape index (κ1) is 15.5. The minimum atomic E-state index is -2.66. The quantitative estimate of drug-likeness (QED) is 0.634. The summed E-state index contributed by atoms with van der Waals surface area (Å²) in [6, 6.07) is 0. The molecule has 19 heavy (non-hydrogen) atoms. The first-order valence-electron chi connectivity index (χ1n) is 4.96. The Balaban J connectivity index is 2.88. The highest BCUT2D eigenvalue weighted by atomic mass is 35.5. The van der Waals surface area contributed by atoms with Crippen LogP contribution in [0.2, 0.25) is 10.6 Å². The van der Waals surface area contributed by atoms with E-state index in [0.717, 1.165) is 6.21 Å². The summed E-state index contributed by atoms with van der Waals surface area (Å²) < 4.78 is 24.7. The molecule has 8 heteroatoms. The summed E-state index contributed by atoms with van der Waals surface area (Å²) in [6.07, 6.45) is 4.53. The molecular formula is C11H8Cl2F2N4. The van der Waals surface area contributed by atoms with E-state index in [1.807, 2.05) is 5.92 Å². The van der Waals surface area contributed by atoms with Crippen molar-refractivity contribution in [1.82, 2.24) is 15.0 Å². The minimum absolute atomic E-state index is 0.0687. The summed E-state index contributed by atoms with van der Waals surface area (Å²) in [7, 11) is 0. The van der Waals surface area contributed by atoms with Gasteiger partial charge in [0.05, 0.1) is 0 Å². The summed E-state index contributed by atoms with van der Waals surface area (Å²) in [4.78, 5) is 14.9. The zero-order valence-electron chi connectivity index (χ0n) is 9.69.